The number of amides is 1. The quantitative estimate of drug-likeness (QED) is 0.721. The summed E-state index contributed by atoms with van der Waals surface area (Å²) in [6.45, 7) is 0.625. The predicted molar refractivity (Wildman–Crippen MR) is 71.9 cm³/mol. The van der Waals surface area contributed by atoms with Crippen molar-refractivity contribution in [1.82, 2.24) is 15.3 Å². The molecule has 0 fully saturated rings. The van der Waals surface area contributed by atoms with Gasteiger partial charge in [-0.3, -0.25) is 9.78 Å². The van der Waals surface area contributed by atoms with Gasteiger partial charge in [0.15, 0.2) is 0 Å². The van der Waals surface area contributed by atoms with Crippen LogP contribution in [0.5, 0.6) is 0 Å². The topological polar surface area (TPSA) is 78.0 Å². The second-order valence-corrected chi connectivity index (χ2v) is 4.23. The average Bonchev–Trinajstić information content (AvgIpc) is 2.92. The van der Waals surface area contributed by atoms with Crippen LogP contribution in [0.2, 0.25) is 0 Å². The summed E-state index contributed by atoms with van der Waals surface area (Å²) in [5.41, 5.74) is 2.46. The standard InChI is InChI=1S/C14H17N3O2/c18-8-4-13-9-12(3-7-16-13)14(19)17-6-2-11-1-5-15-10-11/h1,3,5,7,9-10,15,18H,2,4,6,8H2,(H,17,19). The lowest BCUT2D eigenvalue weighted by Gasteiger charge is -2.05. The van der Waals surface area contributed by atoms with Gasteiger partial charge in [-0.25, -0.2) is 0 Å². The van der Waals surface area contributed by atoms with Gasteiger partial charge in [0.1, 0.15) is 0 Å². The Balaban J connectivity index is 1.87. The number of aliphatic hydroxyl groups is 1. The lowest BCUT2D eigenvalue weighted by atomic mass is 10.2. The first-order chi connectivity index (χ1) is 9.29. The molecule has 0 aliphatic heterocycles. The summed E-state index contributed by atoms with van der Waals surface area (Å²) in [6.07, 6.45) is 6.62. The number of aromatic amines is 1. The summed E-state index contributed by atoms with van der Waals surface area (Å²) < 4.78 is 0. The Morgan fingerprint density at radius 3 is 3.00 bits per heavy atom. The molecule has 5 heteroatoms. The molecule has 0 spiro atoms. The van der Waals surface area contributed by atoms with Crippen molar-refractivity contribution in [3.63, 3.8) is 0 Å². The summed E-state index contributed by atoms with van der Waals surface area (Å²) in [5.74, 6) is -0.114. The zero-order valence-electron chi connectivity index (χ0n) is 10.6. The molecule has 19 heavy (non-hydrogen) atoms. The largest absolute Gasteiger partial charge is 0.396 e. The molecule has 2 rings (SSSR count). The maximum atomic E-state index is 11.9. The van der Waals surface area contributed by atoms with Gasteiger partial charge < -0.3 is 15.4 Å². The van der Waals surface area contributed by atoms with Crippen LogP contribution >= 0.6 is 0 Å². The molecular weight excluding hydrogens is 242 g/mol. The highest BCUT2D eigenvalue weighted by atomic mass is 16.3. The first kappa shape index (κ1) is 13.3. The minimum absolute atomic E-state index is 0.0333. The zero-order chi connectivity index (χ0) is 13.5. The summed E-state index contributed by atoms with van der Waals surface area (Å²) in [5, 5.41) is 11.7. The van der Waals surface area contributed by atoms with Gasteiger partial charge in [-0.05, 0) is 30.2 Å². The number of hydrogen-bond acceptors (Lipinski definition) is 3. The first-order valence-corrected chi connectivity index (χ1v) is 6.25. The Bertz CT molecular complexity index is 523. The van der Waals surface area contributed by atoms with Crippen LogP contribution in [0.4, 0.5) is 0 Å². The summed E-state index contributed by atoms with van der Waals surface area (Å²) in [6, 6.07) is 5.37. The van der Waals surface area contributed by atoms with E-state index >= 15 is 0 Å². The predicted octanol–water partition coefficient (Wildman–Crippen LogP) is 0.917. The number of nitrogens with one attached hydrogen (secondary N) is 2. The Hall–Kier alpha value is -2.14. The molecule has 1 amide bonds. The molecule has 0 aliphatic rings. The number of hydrogen-bond donors (Lipinski definition) is 3. The molecule has 0 aliphatic carbocycles. The Labute approximate surface area is 111 Å². The molecule has 3 N–H and O–H groups in total. The van der Waals surface area contributed by atoms with Crippen LogP contribution in [0.3, 0.4) is 0 Å². The van der Waals surface area contributed by atoms with Crippen LogP contribution in [-0.4, -0.2) is 34.1 Å². The Kier molecular flexibility index (Phi) is 4.69. The zero-order valence-corrected chi connectivity index (χ0v) is 10.6. The van der Waals surface area contributed by atoms with E-state index in [-0.39, 0.29) is 12.5 Å². The van der Waals surface area contributed by atoms with E-state index in [2.05, 4.69) is 15.3 Å². The van der Waals surface area contributed by atoms with Crippen molar-refractivity contribution < 1.29 is 9.90 Å². The van der Waals surface area contributed by atoms with Crippen LogP contribution in [0, 0.1) is 0 Å². The highest BCUT2D eigenvalue weighted by Gasteiger charge is 2.06. The normalized spacial score (nSPS) is 10.4. The van der Waals surface area contributed by atoms with E-state index < -0.39 is 0 Å². The molecule has 0 saturated heterocycles. The number of nitrogens with zero attached hydrogens (tertiary/aromatic N) is 1. The van der Waals surface area contributed by atoms with E-state index in [4.69, 9.17) is 5.11 Å². The third kappa shape index (κ3) is 3.93. The van der Waals surface area contributed by atoms with Gasteiger partial charge in [-0.2, -0.15) is 0 Å². The summed E-state index contributed by atoms with van der Waals surface area (Å²) >= 11 is 0. The van der Waals surface area contributed by atoms with Crippen LogP contribution in [0.1, 0.15) is 21.6 Å². The molecule has 0 bridgehead atoms. The molecule has 0 atom stereocenters. The minimum atomic E-state index is -0.114. The number of H-pyrrole nitrogens is 1. The number of aromatic nitrogens is 2. The fourth-order valence-corrected chi connectivity index (χ4v) is 1.81. The van der Waals surface area contributed by atoms with Crippen molar-refractivity contribution in [1.29, 1.82) is 0 Å². The van der Waals surface area contributed by atoms with Gasteiger partial charge >= 0.3 is 0 Å². The van der Waals surface area contributed by atoms with Crippen molar-refractivity contribution in [3.8, 4) is 0 Å². The van der Waals surface area contributed by atoms with E-state index in [0.717, 1.165) is 17.7 Å². The second-order valence-electron chi connectivity index (χ2n) is 4.23. The molecule has 2 aromatic heterocycles. The van der Waals surface area contributed by atoms with Gasteiger partial charge in [0.05, 0.1) is 0 Å². The van der Waals surface area contributed by atoms with Crippen molar-refractivity contribution in [3.05, 3.63) is 53.6 Å². The molecular formula is C14H17N3O2. The third-order valence-electron chi connectivity index (χ3n) is 2.81. The molecule has 0 saturated carbocycles. The molecule has 2 heterocycles. The second kappa shape index (κ2) is 6.70. The van der Waals surface area contributed by atoms with Crippen molar-refractivity contribution in [2.75, 3.05) is 13.2 Å². The summed E-state index contributed by atoms with van der Waals surface area (Å²) in [4.78, 5) is 19.0. The SMILES string of the molecule is O=C(NCCc1cc[nH]c1)c1ccnc(CCO)c1. The molecule has 100 valence electrons. The minimum Gasteiger partial charge on any atom is -0.396 e. The molecule has 2 aromatic rings. The monoisotopic (exact) mass is 259 g/mol. The van der Waals surface area contributed by atoms with E-state index in [0.29, 0.717) is 18.5 Å². The van der Waals surface area contributed by atoms with E-state index in [9.17, 15) is 4.79 Å². The van der Waals surface area contributed by atoms with E-state index in [1.54, 1.807) is 18.3 Å². The lowest BCUT2D eigenvalue weighted by Crippen LogP contribution is -2.25. The number of rotatable bonds is 6. The van der Waals surface area contributed by atoms with Crippen LogP contribution in [-0.2, 0) is 12.8 Å². The lowest BCUT2D eigenvalue weighted by molar-refractivity contribution is 0.0954. The van der Waals surface area contributed by atoms with E-state index in [1.807, 2.05) is 18.5 Å². The third-order valence-corrected chi connectivity index (χ3v) is 2.81. The van der Waals surface area contributed by atoms with Gasteiger partial charge in [0, 0.05) is 49.4 Å². The van der Waals surface area contributed by atoms with Crippen molar-refractivity contribution in [2.24, 2.45) is 0 Å². The maximum absolute atomic E-state index is 11.9. The number of carbonyl (C=O) groups is 1. The van der Waals surface area contributed by atoms with Gasteiger partial charge in [-0.1, -0.05) is 0 Å². The average molecular weight is 259 g/mol. The maximum Gasteiger partial charge on any atom is 0.251 e. The highest BCUT2D eigenvalue weighted by Crippen LogP contribution is 2.03. The number of pyridine rings is 1. The van der Waals surface area contributed by atoms with Gasteiger partial charge in [0.2, 0.25) is 0 Å². The summed E-state index contributed by atoms with van der Waals surface area (Å²) in [7, 11) is 0. The first-order valence-electron chi connectivity index (χ1n) is 6.25. The number of carbonyl (C=O) groups excluding carboxylic acids is 1. The highest BCUT2D eigenvalue weighted by molar-refractivity contribution is 5.94. The van der Waals surface area contributed by atoms with Crippen molar-refractivity contribution in [2.45, 2.75) is 12.8 Å². The molecule has 0 radical (unpaired) electrons. The molecule has 0 unspecified atom stereocenters. The van der Waals surface area contributed by atoms with Crippen LogP contribution < -0.4 is 5.32 Å². The number of aliphatic hydroxyl groups excluding tert-OH is 1. The fourth-order valence-electron chi connectivity index (χ4n) is 1.81. The molecule has 0 aromatic carbocycles. The molecule has 5 nitrogen and oxygen atoms in total. The van der Waals surface area contributed by atoms with Gasteiger partial charge in [0.25, 0.3) is 5.91 Å². The van der Waals surface area contributed by atoms with Crippen molar-refractivity contribution >= 4 is 5.91 Å². The fraction of sp³-hybridized carbons (Fsp3) is 0.286. The van der Waals surface area contributed by atoms with Gasteiger partial charge in [-0.15, -0.1) is 0 Å². The Morgan fingerprint density at radius 1 is 1.37 bits per heavy atom. The Morgan fingerprint density at radius 2 is 2.26 bits per heavy atom. The van der Waals surface area contributed by atoms with E-state index in [1.165, 1.54) is 0 Å². The van der Waals surface area contributed by atoms with Crippen LogP contribution in [0.15, 0.2) is 36.8 Å². The smallest absolute Gasteiger partial charge is 0.251 e. The van der Waals surface area contributed by atoms with Crippen LogP contribution in [0.25, 0.3) is 0 Å².